The molecule has 1 saturated heterocycles. The molecule has 1 fully saturated rings. The maximum Gasteiger partial charge on any atom is 0.0781 e. The zero-order valence-corrected chi connectivity index (χ0v) is 8.50. The van der Waals surface area contributed by atoms with Crippen LogP contribution in [-0.2, 0) is 4.74 Å². The van der Waals surface area contributed by atoms with E-state index in [1.807, 2.05) is 7.05 Å². The van der Waals surface area contributed by atoms with Crippen molar-refractivity contribution in [2.45, 2.75) is 26.1 Å². The minimum atomic E-state index is -0.213. The molecule has 0 bridgehead atoms. The number of nitrogens with two attached hydrogens (primary N) is 1. The average molecular weight is 178 g/mol. The Hall–Kier alpha value is -0.160. The molecule has 0 aromatic carbocycles. The van der Waals surface area contributed by atoms with Crippen LogP contribution in [0.3, 0.4) is 0 Å². The lowest BCUT2D eigenvalue weighted by Gasteiger charge is -1.97. The molecule has 0 aromatic heterocycles. The highest BCUT2D eigenvalue weighted by atomic mass is 16.6. The van der Waals surface area contributed by atoms with E-state index in [9.17, 15) is 0 Å². The normalized spacial score (nSPS) is 21.0. The van der Waals surface area contributed by atoms with Crippen molar-refractivity contribution >= 4 is 0 Å². The van der Waals surface area contributed by atoms with Crippen molar-refractivity contribution in [2.75, 3.05) is 27.2 Å². The standard InChI is InChI=1S/C4H11NO.C3H6O.CH5N/c1-4(6)3-5-2;1-3-2-4-3;1-2/h4-6H,3H2,1-2H3;3H,2H2,1H3;2H2,1H3. The molecule has 76 valence electrons. The molecular formula is C8H22N2O2. The number of hydrogen-bond donors (Lipinski definition) is 3. The van der Waals surface area contributed by atoms with Gasteiger partial charge in [0.15, 0.2) is 0 Å². The summed E-state index contributed by atoms with van der Waals surface area (Å²) >= 11 is 0. The number of rotatable bonds is 2. The van der Waals surface area contributed by atoms with Crippen LogP contribution in [0.25, 0.3) is 0 Å². The van der Waals surface area contributed by atoms with Gasteiger partial charge in [0, 0.05) is 6.54 Å². The maximum atomic E-state index is 8.49. The van der Waals surface area contributed by atoms with Crippen LogP contribution in [0.4, 0.5) is 0 Å². The minimum Gasteiger partial charge on any atom is -0.392 e. The number of nitrogens with one attached hydrogen (secondary N) is 1. The highest BCUT2D eigenvalue weighted by molar-refractivity contribution is 4.58. The molecule has 4 N–H and O–H groups in total. The van der Waals surface area contributed by atoms with Gasteiger partial charge in [-0.25, -0.2) is 0 Å². The quantitative estimate of drug-likeness (QED) is 0.502. The van der Waals surface area contributed by atoms with Crippen molar-refractivity contribution < 1.29 is 9.84 Å². The predicted molar refractivity (Wildman–Crippen MR) is 51.1 cm³/mol. The molecule has 0 aliphatic carbocycles. The minimum absolute atomic E-state index is 0.213. The van der Waals surface area contributed by atoms with Crippen molar-refractivity contribution in [1.82, 2.24) is 5.32 Å². The van der Waals surface area contributed by atoms with E-state index in [-0.39, 0.29) is 6.10 Å². The molecule has 0 amide bonds. The van der Waals surface area contributed by atoms with E-state index in [0.29, 0.717) is 12.6 Å². The van der Waals surface area contributed by atoms with E-state index in [1.54, 1.807) is 6.92 Å². The SMILES string of the molecule is CC1CO1.CN.CNCC(C)O. The molecule has 2 unspecified atom stereocenters. The van der Waals surface area contributed by atoms with Crippen LogP contribution in [0.5, 0.6) is 0 Å². The highest BCUT2D eigenvalue weighted by Gasteiger charge is 2.13. The molecular weight excluding hydrogens is 156 g/mol. The van der Waals surface area contributed by atoms with Crippen molar-refractivity contribution in [3.05, 3.63) is 0 Å². The molecule has 0 aromatic rings. The van der Waals surface area contributed by atoms with Crippen molar-refractivity contribution in [3.8, 4) is 0 Å². The largest absolute Gasteiger partial charge is 0.392 e. The molecule has 1 heterocycles. The van der Waals surface area contributed by atoms with Crippen LogP contribution in [-0.4, -0.2) is 44.6 Å². The van der Waals surface area contributed by atoms with E-state index in [4.69, 9.17) is 9.84 Å². The van der Waals surface area contributed by atoms with Gasteiger partial charge in [0.25, 0.3) is 0 Å². The lowest BCUT2D eigenvalue weighted by molar-refractivity contribution is 0.194. The Morgan fingerprint density at radius 3 is 2.00 bits per heavy atom. The van der Waals surface area contributed by atoms with E-state index in [1.165, 1.54) is 7.05 Å². The van der Waals surface area contributed by atoms with E-state index >= 15 is 0 Å². The summed E-state index contributed by atoms with van der Waals surface area (Å²) in [6, 6.07) is 0. The fraction of sp³-hybridized carbons (Fsp3) is 1.00. The van der Waals surface area contributed by atoms with E-state index < -0.39 is 0 Å². The number of epoxide rings is 1. The summed E-state index contributed by atoms with van der Waals surface area (Å²) in [5.74, 6) is 0. The van der Waals surface area contributed by atoms with Crippen LogP contribution < -0.4 is 11.1 Å². The molecule has 0 radical (unpaired) electrons. The molecule has 1 aliphatic heterocycles. The predicted octanol–water partition coefficient (Wildman–Crippen LogP) is -0.433. The second-order valence-corrected chi connectivity index (χ2v) is 2.55. The second kappa shape index (κ2) is 10.8. The highest BCUT2D eigenvalue weighted by Crippen LogP contribution is 2.04. The van der Waals surface area contributed by atoms with Gasteiger partial charge in [-0.1, -0.05) is 0 Å². The first-order valence-electron chi connectivity index (χ1n) is 4.18. The molecule has 2 atom stereocenters. The van der Waals surface area contributed by atoms with Crippen LogP contribution in [0.1, 0.15) is 13.8 Å². The lowest BCUT2D eigenvalue weighted by Crippen LogP contribution is -2.19. The smallest absolute Gasteiger partial charge is 0.0781 e. The van der Waals surface area contributed by atoms with Crippen molar-refractivity contribution in [3.63, 3.8) is 0 Å². The third-order valence-electron chi connectivity index (χ3n) is 1.000. The monoisotopic (exact) mass is 178 g/mol. The fourth-order valence-corrected chi connectivity index (χ4v) is 0.392. The summed E-state index contributed by atoms with van der Waals surface area (Å²) in [6.45, 7) is 5.47. The third-order valence-corrected chi connectivity index (χ3v) is 1.000. The summed E-state index contributed by atoms with van der Waals surface area (Å²) in [5.41, 5.74) is 4.50. The molecule has 0 spiro atoms. The number of ether oxygens (including phenoxy) is 1. The Labute approximate surface area is 75.1 Å². The zero-order chi connectivity index (χ0) is 9.98. The number of aliphatic hydroxyl groups is 1. The molecule has 1 aliphatic rings. The Bertz CT molecular complexity index is 75.5. The molecule has 4 heteroatoms. The number of likely N-dealkylation sites (N-methyl/N-ethyl adjacent to an activating group) is 1. The van der Waals surface area contributed by atoms with Gasteiger partial charge in [0.2, 0.25) is 0 Å². The summed E-state index contributed by atoms with van der Waals surface area (Å²) in [5, 5.41) is 11.3. The average Bonchev–Trinajstić information content (AvgIpc) is 2.77. The van der Waals surface area contributed by atoms with Gasteiger partial charge in [-0.05, 0) is 27.9 Å². The zero-order valence-electron chi connectivity index (χ0n) is 8.50. The van der Waals surface area contributed by atoms with Gasteiger partial charge in [-0.3, -0.25) is 0 Å². The first-order chi connectivity index (χ1) is 5.66. The Morgan fingerprint density at radius 2 is 2.00 bits per heavy atom. The molecule has 12 heavy (non-hydrogen) atoms. The molecule has 1 rings (SSSR count). The topological polar surface area (TPSA) is 70.8 Å². The summed E-state index contributed by atoms with van der Waals surface area (Å²) in [4.78, 5) is 0. The molecule has 0 saturated carbocycles. The maximum absolute atomic E-state index is 8.49. The van der Waals surface area contributed by atoms with Crippen molar-refractivity contribution in [1.29, 1.82) is 0 Å². The van der Waals surface area contributed by atoms with Gasteiger partial charge >= 0.3 is 0 Å². The van der Waals surface area contributed by atoms with E-state index in [0.717, 1.165) is 6.61 Å². The summed E-state index contributed by atoms with van der Waals surface area (Å²) in [6.07, 6.45) is 0.370. The number of aliphatic hydroxyl groups excluding tert-OH is 1. The van der Waals surface area contributed by atoms with Gasteiger partial charge in [-0.2, -0.15) is 0 Å². The van der Waals surface area contributed by atoms with Crippen molar-refractivity contribution in [2.24, 2.45) is 5.73 Å². The Balaban J connectivity index is 0. The van der Waals surface area contributed by atoms with E-state index in [2.05, 4.69) is 18.0 Å². The lowest BCUT2D eigenvalue weighted by atomic mass is 10.4. The Morgan fingerprint density at radius 1 is 1.67 bits per heavy atom. The first-order valence-corrected chi connectivity index (χ1v) is 4.18. The van der Waals surface area contributed by atoms with Gasteiger partial charge in [0.05, 0.1) is 18.8 Å². The van der Waals surface area contributed by atoms with Crippen LogP contribution in [0.15, 0.2) is 0 Å². The number of hydrogen-bond acceptors (Lipinski definition) is 4. The van der Waals surface area contributed by atoms with Gasteiger partial charge < -0.3 is 20.9 Å². The van der Waals surface area contributed by atoms with Gasteiger partial charge in [0.1, 0.15) is 0 Å². The molecule has 4 nitrogen and oxygen atoms in total. The summed E-state index contributed by atoms with van der Waals surface area (Å²) in [7, 11) is 3.31. The fourth-order valence-electron chi connectivity index (χ4n) is 0.392. The third kappa shape index (κ3) is 22.5. The van der Waals surface area contributed by atoms with Crippen LogP contribution >= 0.6 is 0 Å². The van der Waals surface area contributed by atoms with Gasteiger partial charge in [-0.15, -0.1) is 0 Å². The second-order valence-electron chi connectivity index (χ2n) is 2.55. The first kappa shape index (κ1) is 14.4. The summed E-state index contributed by atoms with van der Waals surface area (Å²) < 4.78 is 4.71. The van der Waals surface area contributed by atoms with Crippen LogP contribution in [0.2, 0.25) is 0 Å². The Kier molecular flexibility index (Phi) is 13.0. The van der Waals surface area contributed by atoms with Crippen LogP contribution in [0, 0.1) is 0 Å².